The molecule has 8 heteroatoms. The van der Waals surface area contributed by atoms with Crippen LogP contribution in [0.3, 0.4) is 0 Å². The Hall–Kier alpha value is -2.48. The molecule has 0 atom stereocenters. The van der Waals surface area contributed by atoms with Crippen molar-refractivity contribution in [3.8, 4) is 0 Å². The van der Waals surface area contributed by atoms with Gasteiger partial charge in [0.05, 0.1) is 11.9 Å². The Morgan fingerprint density at radius 2 is 2.11 bits per heavy atom. The molecule has 2 aromatic heterocycles. The molecule has 0 unspecified atom stereocenters. The van der Waals surface area contributed by atoms with Gasteiger partial charge in [-0.3, -0.25) is 9.82 Å². The van der Waals surface area contributed by atoms with Gasteiger partial charge >= 0.3 is 0 Å². The van der Waals surface area contributed by atoms with Gasteiger partial charge < -0.3 is 10.7 Å². The third kappa shape index (κ3) is 2.02. The molecule has 0 spiro atoms. The highest BCUT2D eigenvalue weighted by Gasteiger charge is 2.19. The number of H-pyrrole nitrogens is 2. The summed E-state index contributed by atoms with van der Waals surface area (Å²) in [6.45, 7) is 0. The molecule has 7 nitrogen and oxygen atoms in total. The van der Waals surface area contributed by atoms with Gasteiger partial charge in [-0.2, -0.15) is 5.10 Å². The van der Waals surface area contributed by atoms with Crippen LogP contribution in [0.1, 0.15) is 0 Å². The van der Waals surface area contributed by atoms with Crippen molar-refractivity contribution in [1.82, 2.24) is 15.2 Å². The van der Waals surface area contributed by atoms with E-state index in [4.69, 9.17) is 5.73 Å². The number of nitrogens with zero attached hydrogens (tertiary/aromatic N) is 1. The molecule has 0 radical (unpaired) electrons. The minimum Gasteiger partial charge on any atom is -0.399 e. The van der Waals surface area contributed by atoms with Crippen molar-refractivity contribution in [3.05, 3.63) is 36.8 Å². The number of sulfonamides is 1. The Morgan fingerprint density at radius 1 is 1.26 bits per heavy atom. The van der Waals surface area contributed by atoms with Crippen molar-refractivity contribution in [3.63, 3.8) is 0 Å². The van der Waals surface area contributed by atoms with Crippen molar-refractivity contribution >= 4 is 32.3 Å². The summed E-state index contributed by atoms with van der Waals surface area (Å²) in [5, 5.41) is 6.81. The van der Waals surface area contributed by atoms with E-state index in [2.05, 4.69) is 19.9 Å². The van der Waals surface area contributed by atoms with Gasteiger partial charge in [-0.15, -0.1) is 0 Å². The number of anilines is 2. The van der Waals surface area contributed by atoms with Crippen LogP contribution in [0.2, 0.25) is 0 Å². The second-order valence-electron chi connectivity index (χ2n) is 4.05. The Balaban J connectivity index is 2.08. The highest BCUT2D eigenvalue weighted by molar-refractivity contribution is 7.93. The molecular weight excluding hydrogens is 266 g/mol. The molecule has 98 valence electrons. The smallest absolute Gasteiger partial charge is 0.264 e. The van der Waals surface area contributed by atoms with Crippen LogP contribution in [0.25, 0.3) is 10.9 Å². The molecule has 0 aliphatic heterocycles. The van der Waals surface area contributed by atoms with E-state index in [1.165, 1.54) is 18.6 Å². The first-order valence-electron chi connectivity index (χ1n) is 5.44. The van der Waals surface area contributed by atoms with Gasteiger partial charge in [0.1, 0.15) is 4.90 Å². The summed E-state index contributed by atoms with van der Waals surface area (Å²) in [6.07, 6.45) is 4.29. The zero-order chi connectivity index (χ0) is 13.5. The van der Waals surface area contributed by atoms with Crippen LogP contribution in [0.15, 0.2) is 41.7 Å². The van der Waals surface area contributed by atoms with E-state index in [-0.39, 0.29) is 4.90 Å². The lowest BCUT2D eigenvalue weighted by atomic mass is 10.2. The number of nitrogens with two attached hydrogens (primary N) is 1. The maximum absolute atomic E-state index is 12.3. The molecule has 0 amide bonds. The standard InChI is InChI=1S/C11H11N5O2S/c12-7-1-2-9-10(3-7)13-6-11(9)19(17,18)16-8-4-14-15-5-8/h1-6,13,16H,12H2,(H,14,15). The summed E-state index contributed by atoms with van der Waals surface area (Å²) < 4.78 is 26.9. The van der Waals surface area contributed by atoms with Crippen LogP contribution in [0.5, 0.6) is 0 Å². The monoisotopic (exact) mass is 277 g/mol. The lowest BCUT2D eigenvalue weighted by Gasteiger charge is -2.04. The van der Waals surface area contributed by atoms with E-state index >= 15 is 0 Å². The van der Waals surface area contributed by atoms with E-state index in [0.29, 0.717) is 22.3 Å². The Labute approximate surface area is 108 Å². The first kappa shape index (κ1) is 11.6. The number of aromatic nitrogens is 3. The van der Waals surface area contributed by atoms with E-state index < -0.39 is 10.0 Å². The molecule has 0 bridgehead atoms. The van der Waals surface area contributed by atoms with Gasteiger partial charge in [0.25, 0.3) is 10.0 Å². The molecule has 0 saturated heterocycles. The molecule has 0 aliphatic carbocycles. The number of benzene rings is 1. The van der Waals surface area contributed by atoms with Crippen LogP contribution in [0, 0.1) is 0 Å². The summed E-state index contributed by atoms with van der Waals surface area (Å²) in [4.78, 5) is 3.06. The summed E-state index contributed by atoms with van der Waals surface area (Å²) in [7, 11) is -3.66. The molecule has 3 aromatic rings. The van der Waals surface area contributed by atoms with Gasteiger partial charge in [-0.05, 0) is 18.2 Å². The quantitative estimate of drug-likeness (QED) is 0.539. The van der Waals surface area contributed by atoms with E-state index in [1.54, 1.807) is 18.2 Å². The highest BCUT2D eigenvalue weighted by Crippen LogP contribution is 2.25. The van der Waals surface area contributed by atoms with Gasteiger partial charge in [0.15, 0.2) is 0 Å². The number of aromatic amines is 2. The minimum absolute atomic E-state index is 0.170. The Kier molecular flexibility index (Phi) is 2.46. The van der Waals surface area contributed by atoms with Crippen LogP contribution in [-0.4, -0.2) is 23.6 Å². The third-order valence-corrected chi connectivity index (χ3v) is 4.13. The molecule has 2 heterocycles. The molecule has 5 N–H and O–H groups in total. The summed E-state index contributed by atoms with van der Waals surface area (Å²) in [6, 6.07) is 5.02. The summed E-state index contributed by atoms with van der Waals surface area (Å²) >= 11 is 0. The van der Waals surface area contributed by atoms with Gasteiger partial charge in [-0.25, -0.2) is 8.42 Å². The van der Waals surface area contributed by atoms with Crippen LogP contribution < -0.4 is 10.5 Å². The van der Waals surface area contributed by atoms with Crippen molar-refractivity contribution in [2.45, 2.75) is 4.90 Å². The molecular formula is C11H11N5O2S. The molecule has 0 aliphatic rings. The highest BCUT2D eigenvalue weighted by atomic mass is 32.2. The van der Waals surface area contributed by atoms with Crippen LogP contribution in [0.4, 0.5) is 11.4 Å². The average molecular weight is 277 g/mol. The van der Waals surface area contributed by atoms with Crippen LogP contribution >= 0.6 is 0 Å². The predicted octanol–water partition coefficient (Wildman–Crippen LogP) is 1.27. The fourth-order valence-electron chi connectivity index (χ4n) is 1.86. The molecule has 19 heavy (non-hydrogen) atoms. The minimum atomic E-state index is -3.66. The normalized spacial score (nSPS) is 11.8. The maximum Gasteiger partial charge on any atom is 0.264 e. The fourth-order valence-corrected chi connectivity index (χ4v) is 3.07. The zero-order valence-electron chi connectivity index (χ0n) is 9.71. The zero-order valence-corrected chi connectivity index (χ0v) is 10.5. The predicted molar refractivity (Wildman–Crippen MR) is 72.1 cm³/mol. The molecule has 0 fully saturated rings. The van der Waals surface area contributed by atoms with Gasteiger partial charge in [-0.1, -0.05) is 0 Å². The van der Waals surface area contributed by atoms with Crippen molar-refractivity contribution in [2.75, 3.05) is 10.5 Å². The number of rotatable bonds is 3. The first-order chi connectivity index (χ1) is 9.06. The summed E-state index contributed by atoms with van der Waals surface area (Å²) in [5.74, 6) is 0. The second-order valence-corrected chi connectivity index (χ2v) is 5.70. The Bertz CT molecular complexity index is 820. The van der Waals surface area contributed by atoms with Gasteiger partial charge in [0.2, 0.25) is 0 Å². The number of fused-ring (bicyclic) bond motifs is 1. The maximum atomic E-state index is 12.3. The second kappa shape index (κ2) is 4.02. The first-order valence-corrected chi connectivity index (χ1v) is 6.93. The van der Waals surface area contributed by atoms with E-state index in [9.17, 15) is 8.42 Å². The summed E-state index contributed by atoms with van der Waals surface area (Å²) in [5.41, 5.74) is 7.28. The molecule has 0 saturated carbocycles. The fraction of sp³-hybridized carbons (Fsp3) is 0. The largest absolute Gasteiger partial charge is 0.399 e. The molecule has 1 aromatic carbocycles. The SMILES string of the molecule is Nc1ccc2c(S(=O)(=O)Nc3cn[nH]c3)c[nH]c2c1. The average Bonchev–Trinajstić information content (AvgIpc) is 2.96. The van der Waals surface area contributed by atoms with E-state index in [0.717, 1.165) is 0 Å². The number of nitrogen functional groups attached to an aromatic ring is 1. The molecule has 3 rings (SSSR count). The van der Waals surface area contributed by atoms with Crippen LogP contribution in [-0.2, 0) is 10.0 Å². The van der Waals surface area contributed by atoms with E-state index in [1.807, 2.05) is 0 Å². The number of hydrogen-bond acceptors (Lipinski definition) is 4. The Morgan fingerprint density at radius 3 is 2.84 bits per heavy atom. The van der Waals surface area contributed by atoms with Gasteiger partial charge in [0, 0.05) is 29.0 Å². The topological polar surface area (TPSA) is 117 Å². The lowest BCUT2D eigenvalue weighted by Crippen LogP contribution is -2.11. The van der Waals surface area contributed by atoms with Crippen molar-refractivity contribution < 1.29 is 8.42 Å². The third-order valence-electron chi connectivity index (χ3n) is 2.71. The van der Waals surface area contributed by atoms with Crippen molar-refractivity contribution in [2.24, 2.45) is 0 Å². The van der Waals surface area contributed by atoms with Crippen molar-refractivity contribution in [1.29, 1.82) is 0 Å². The number of nitrogens with one attached hydrogen (secondary N) is 3. The lowest BCUT2D eigenvalue weighted by molar-refractivity contribution is 0.602. The number of hydrogen-bond donors (Lipinski definition) is 4.